The summed E-state index contributed by atoms with van der Waals surface area (Å²) in [5.41, 5.74) is 6.40. The van der Waals surface area contributed by atoms with E-state index in [1.165, 1.54) is 0 Å². The van der Waals surface area contributed by atoms with Gasteiger partial charge in [0.2, 0.25) is 10.0 Å². The van der Waals surface area contributed by atoms with Gasteiger partial charge in [-0.05, 0) is 44.1 Å². The number of hydrogen-bond acceptors (Lipinski definition) is 4. The van der Waals surface area contributed by atoms with E-state index < -0.39 is 10.0 Å². The molecule has 0 saturated carbocycles. The monoisotopic (exact) mass is 327 g/mol. The number of nitrogens with zero attached hydrogens (tertiary/aromatic N) is 1. The first-order chi connectivity index (χ1) is 9.87. The molecule has 1 atom stereocenters. The van der Waals surface area contributed by atoms with Gasteiger partial charge in [-0.1, -0.05) is 24.4 Å². The number of nitrogens with two attached hydrogens (primary N) is 1. The fourth-order valence-corrected chi connectivity index (χ4v) is 3.97. The van der Waals surface area contributed by atoms with Crippen LogP contribution in [0.2, 0.25) is 0 Å². The summed E-state index contributed by atoms with van der Waals surface area (Å²) >= 11 is 4.85. The van der Waals surface area contributed by atoms with Crippen LogP contribution in [-0.4, -0.2) is 44.5 Å². The molecule has 1 aromatic rings. The summed E-state index contributed by atoms with van der Waals surface area (Å²) in [7, 11) is -1.46. The summed E-state index contributed by atoms with van der Waals surface area (Å²) < 4.78 is 27.5. The Morgan fingerprint density at radius 2 is 2.10 bits per heavy atom. The quantitative estimate of drug-likeness (QED) is 0.786. The molecular weight excluding hydrogens is 306 g/mol. The summed E-state index contributed by atoms with van der Waals surface area (Å²) in [5, 5.41) is 0. The van der Waals surface area contributed by atoms with Crippen molar-refractivity contribution in [2.24, 2.45) is 5.73 Å². The Morgan fingerprint density at radius 1 is 1.43 bits per heavy atom. The lowest BCUT2D eigenvalue weighted by atomic mass is 10.1. The van der Waals surface area contributed by atoms with Crippen LogP contribution in [0.1, 0.15) is 18.4 Å². The Balaban J connectivity index is 2.06. The van der Waals surface area contributed by atoms with E-state index in [1.54, 1.807) is 24.3 Å². The van der Waals surface area contributed by atoms with E-state index in [0.717, 1.165) is 31.5 Å². The summed E-state index contributed by atoms with van der Waals surface area (Å²) in [5.74, 6) is 0. The number of sulfonamides is 1. The zero-order chi connectivity index (χ0) is 15.5. The van der Waals surface area contributed by atoms with Gasteiger partial charge in [-0.15, -0.1) is 0 Å². The lowest BCUT2D eigenvalue weighted by Crippen LogP contribution is -2.46. The largest absolute Gasteiger partial charge is 0.393 e. The number of nitrogens with one attached hydrogen (secondary N) is 1. The Kier molecular flexibility index (Phi) is 5.32. The molecule has 0 bridgehead atoms. The number of piperidine rings is 1. The Hall–Kier alpha value is -1.02. The molecule has 1 heterocycles. The molecule has 5 nitrogen and oxygen atoms in total. The fourth-order valence-electron chi connectivity index (χ4n) is 2.54. The van der Waals surface area contributed by atoms with Crippen molar-refractivity contribution in [2.45, 2.75) is 30.2 Å². The van der Waals surface area contributed by atoms with Gasteiger partial charge in [-0.25, -0.2) is 13.1 Å². The van der Waals surface area contributed by atoms with E-state index in [0.29, 0.717) is 11.4 Å². The highest BCUT2D eigenvalue weighted by Gasteiger charge is 2.23. The van der Waals surface area contributed by atoms with Crippen molar-refractivity contribution >= 4 is 27.2 Å². The van der Waals surface area contributed by atoms with Crippen molar-refractivity contribution in [3.63, 3.8) is 0 Å². The maximum atomic E-state index is 12.4. The minimum absolute atomic E-state index is 0.0231. The van der Waals surface area contributed by atoms with E-state index in [4.69, 9.17) is 18.0 Å². The Labute approximate surface area is 131 Å². The zero-order valence-corrected chi connectivity index (χ0v) is 13.7. The van der Waals surface area contributed by atoms with Crippen LogP contribution in [0.15, 0.2) is 29.2 Å². The van der Waals surface area contributed by atoms with E-state index >= 15 is 0 Å². The molecule has 7 heteroatoms. The standard InChI is InChI=1S/C14H21N3O2S2/c1-17-8-2-3-12(10-17)16-21(18,19)13-6-4-11(5-7-13)9-14(15)20/h4-7,12,16H,2-3,8-10H2,1H3,(H2,15,20). The molecule has 116 valence electrons. The third-order valence-corrected chi connectivity index (χ3v) is 5.24. The lowest BCUT2D eigenvalue weighted by molar-refractivity contribution is 0.242. The molecule has 1 saturated heterocycles. The second-order valence-corrected chi connectivity index (χ2v) is 7.75. The number of likely N-dealkylation sites (tertiary alicyclic amines) is 1. The number of hydrogen-bond donors (Lipinski definition) is 2. The zero-order valence-electron chi connectivity index (χ0n) is 12.1. The second kappa shape index (κ2) is 6.83. The van der Waals surface area contributed by atoms with Crippen molar-refractivity contribution in [1.29, 1.82) is 0 Å². The van der Waals surface area contributed by atoms with Crippen molar-refractivity contribution in [1.82, 2.24) is 9.62 Å². The Morgan fingerprint density at radius 3 is 2.67 bits per heavy atom. The minimum Gasteiger partial charge on any atom is -0.393 e. The van der Waals surface area contributed by atoms with Crippen LogP contribution in [0.25, 0.3) is 0 Å². The molecule has 1 aliphatic heterocycles. The predicted octanol–water partition coefficient (Wildman–Crippen LogP) is 0.888. The molecule has 0 aromatic heterocycles. The first-order valence-electron chi connectivity index (χ1n) is 6.95. The molecule has 0 spiro atoms. The smallest absolute Gasteiger partial charge is 0.240 e. The molecule has 1 fully saturated rings. The second-order valence-electron chi connectivity index (χ2n) is 5.51. The predicted molar refractivity (Wildman–Crippen MR) is 87.8 cm³/mol. The summed E-state index contributed by atoms with van der Waals surface area (Å²) in [6, 6.07) is 6.68. The maximum Gasteiger partial charge on any atom is 0.240 e. The average molecular weight is 327 g/mol. The highest BCUT2D eigenvalue weighted by molar-refractivity contribution is 7.89. The molecule has 1 aliphatic rings. The molecule has 21 heavy (non-hydrogen) atoms. The fraction of sp³-hybridized carbons (Fsp3) is 0.500. The van der Waals surface area contributed by atoms with Crippen LogP contribution in [0, 0.1) is 0 Å². The lowest BCUT2D eigenvalue weighted by Gasteiger charge is -2.29. The van der Waals surface area contributed by atoms with E-state index in [-0.39, 0.29) is 10.9 Å². The van der Waals surface area contributed by atoms with Crippen LogP contribution in [0.4, 0.5) is 0 Å². The van der Waals surface area contributed by atoms with Gasteiger partial charge < -0.3 is 10.6 Å². The number of likely N-dealkylation sites (N-methyl/N-ethyl adjacent to an activating group) is 1. The molecular formula is C14H21N3O2S2. The summed E-state index contributed by atoms with van der Waals surface area (Å²) in [4.78, 5) is 2.82. The molecule has 1 unspecified atom stereocenters. The van der Waals surface area contributed by atoms with E-state index in [9.17, 15) is 8.42 Å². The van der Waals surface area contributed by atoms with Gasteiger partial charge in [0.05, 0.1) is 9.88 Å². The van der Waals surface area contributed by atoms with Gasteiger partial charge in [0.15, 0.2) is 0 Å². The molecule has 1 aromatic carbocycles. The van der Waals surface area contributed by atoms with Crippen LogP contribution in [-0.2, 0) is 16.4 Å². The Bertz CT molecular complexity index is 599. The van der Waals surface area contributed by atoms with E-state index in [2.05, 4.69) is 9.62 Å². The highest BCUT2D eigenvalue weighted by atomic mass is 32.2. The summed E-state index contributed by atoms with van der Waals surface area (Å²) in [6.07, 6.45) is 2.37. The normalized spacial score (nSPS) is 20.3. The number of benzene rings is 1. The first-order valence-corrected chi connectivity index (χ1v) is 8.84. The van der Waals surface area contributed by atoms with Crippen molar-refractivity contribution in [2.75, 3.05) is 20.1 Å². The van der Waals surface area contributed by atoms with Crippen LogP contribution >= 0.6 is 12.2 Å². The molecule has 2 rings (SSSR count). The molecule has 0 aliphatic carbocycles. The van der Waals surface area contributed by atoms with Gasteiger partial charge in [-0.2, -0.15) is 0 Å². The van der Waals surface area contributed by atoms with E-state index in [1.807, 2.05) is 7.05 Å². The highest BCUT2D eigenvalue weighted by Crippen LogP contribution is 2.15. The number of thiocarbonyl (C=S) groups is 1. The minimum atomic E-state index is -3.47. The number of rotatable bonds is 5. The molecule has 0 amide bonds. The van der Waals surface area contributed by atoms with Crippen molar-refractivity contribution in [3.8, 4) is 0 Å². The molecule has 0 radical (unpaired) electrons. The average Bonchev–Trinajstić information content (AvgIpc) is 2.38. The van der Waals surface area contributed by atoms with Gasteiger partial charge in [-0.3, -0.25) is 0 Å². The van der Waals surface area contributed by atoms with Gasteiger partial charge in [0.1, 0.15) is 0 Å². The first kappa shape index (κ1) is 16.4. The van der Waals surface area contributed by atoms with Crippen molar-refractivity contribution in [3.05, 3.63) is 29.8 Å². The van der Waals surface area contributed by atoms with Crippen LogP contribution < -0.4 is 10.5 Å². The third kappa shape index (κ3) is 4.74. The van der Waals surface area contributed by atoms with Crippen molar-refractivity contribution < 1.29 is 8.42 Å². The maximum absolute atomic E-state index is 12.4. The van der Waals surface area contributed by atoms with Gasteiger partial charge >= 0.3 is 0 Å². The van der Waals surface area contributed by atoms with Gasteiger partial charge in [0, 0.05) is 19.0 Å². The van der Waals surface area contributed by atoms with Gasteiger partial charge in [0.25, 0.3) is 0 Å². The SMILES string of the molecule is CN1CCCC(NS(=O)(=O)c2ccc(CC(N)=S)cc2)C1. The van der Waals surface area contributed by atoms with Crippen LogP contribution in [0.5, 0.6) is 0 Å². The topological polar surface area (TPSA) is 75.4 Å². The molecule has 3 N–H and O–H groups in total. The third-order valence-electron chi connectivity index (χ3n) is 3.56. The summed E-state index contributed by atoms with van der Waals surface area (Å²) in [6.45, 7) is 1.77. The van der Waals surface area contributed by atoms with Crippen LogP contribution in [0.3, 0.4) is 0 Å².